The molecule has 1 fully saturated rings. The molecule has 0 bridgehead atoms. The van der Waals surface area contributed by atoms with Gasteiger partial charge in [0.05, 0.1) is 10.6 Å². The Hall–Kier alpha value is -3.00. The standard InChI is InChI=1S/C20H20N2O5S/c1-21-18(23)17(19(24)22(2)20(21)25)16(14-9-5-3-6-10-14)13-28(26,27)15-11-7-4-8-12-15/h3-12,16-17H,13H2,1-2H3. The second-order valence-corrected chi connectivity index (χ2v) is 8.70. The molecule has 7 nitrogen and oxygen atoms in total. The Morgan fingerprint density at radius 3 is 1.79 bits per heavy atom. The fraction of sp³-hybridized carbons (Fsp3) is 0.250. The number of nitrogens with zero attached hydrogens (tertiary/aromatic N) is 2. The lowest BCUT2D eigenvalue weighted by Gasteiger charge is -2.36. The molecule has 0 spiro atoms. The molecule has 1 saturated heterocycles. The average molecular weight is 400 g/mol. The molecule has 28 heavy (non-hydrogen) atoms. The van der Waals surface area contributed by atoms with Crippen molar-refractivity contribution < 1.29 is 22.8 Å². The highest BCUT2D eigenvalue weighted by Gasteiger charge is 2.48. The van der Waals surface area contributed by atoms with Gasteiger partial charge in [0.2, 0.25) is 11.8 Å². The quantitative estimate of drug-likeness (QED) is 0.715. The average Bonchev–Trinajstić information content (AvgIpc) is 2.71. The van der Waals surface area contributed by atoms with E-state index in [9.17, 15) is 22.8 Å². The number of carbonyl (C=O) groups is 3. The Bertz CT molecular complexity index is 981. The molecule has 2 aromatic carbocycles. The van der Waals surface area contributed by atoms with Gasteiger partial charge in [-0.15, -0.1) is 0 Å². The van der Waals surface area contributed by atoms with Crippen LogP contribution in [-0.4, -0.2) is 55.9 Å². The van der Waals surface area contributed by atoms with Gasteiger partial charge in [0.15, 0.2) is 9.84 Å². The van der Waals surface area contributed by atoms with Gasteiger partial charge in [0.1, 0.15) is 5.92 Å². The molecule has 1 atom stereocenters. The molecular formula is C20H20N2O5S. The molecule has 146 valence electrons. The summed E-state index contributed by atoms with van der Waals surface area (Å²) in [6.45, 7) is 0. The summed E-state index contributed by atoms with van der Waals surface area (Å²) in [5.41, 5.74) is 0.546. The monoisotopic (exact) mass is 400 g/mol. The number of urea groups is 1. The van der Waals surface area contributed by atoms with Crippen molar-refractivity contribution in [1.82, 2.24) is 9.80 Å². The third-order valence-corrected chi connectivity index (χ3v) is 6.69. The van der Waals surface area contributed by atoms with Crippen LogP contribution < -0.4 is 0 Å². The Balaban J connectivity index is 2.07. The number of hydrogen-bond acceptors (Lipinski definition) is 5. The smallest absolute Gasteiger partial charge is 0.273 e. The third-order valence-electron chi connectivity index (χ3n) is 4.90. The summed E-state index contributed by atoms with van der Waals surface area (Å²) in [5, 5.41) is 0. The van der Waals surface area contributed by atoms with E-state index < -0.39 is 45.3 Å². The first-order valence-electron chi connectivity index (χ1n) is 8.66. The second-order valence-electron chi connectivity index (χ2n) is 6.67. The van der Waals surface area contributed by atoms with Gasteiger partial charge < -0.3 is 0 Å². The maximum atomic E-state index is 13.0. The zero-order valence-corrected chi connectivity index (χ0v) is 16.3. The lowest BCUT2D eigenvalue weighted by Crippen LogP contribution is -2.58. The van der Waals surface area contributed by atoms with Crippen LogP contribution in [0.5, 0.6) is 0 Å². The van der Waals surface area contributed by atoms with E-state index in [-0.39, 0.29) is 4.90 Å². The molecule has 1 aliphatic heterocycles. The lowest BCUT2D eigenvalue weighted by atomic mass is 9.84. The van der Waals surface area contributed by atoms with Crippen molar-refractivity contribution in [3.8, 4) is 0 Å². The normalized spacial score (nSPS) is 17.1. The number of sulfone groups is 1. The summed E-state index contributed by atoms with van der Waals surface area (Å²) in [6.07, 6.45) is 0. The molecule has 0 aliphatic carbocycles. The summed E-state index contributed by atoms with van der Waals surface area (Å²) in [6, 6.07) is 15.7. The van der Waals surface area contributed by atoms with Crippen molar-refractivity contribution in [1.29, 1.82) is 0 Å². The first-order chi connectivity index (χ1) is 13.2. The highest BCUT2D eigenvalue weighted by Crippen LogP contribution is 2.33. The summed E-state index contributed by atoms with van der Waals surface area (Å²) < 4.78 is 26.0. The SMILES string of the molecule is CN1C(=O)C(C(CS(=O)(=O)c2ccccc2)c2ccccc2)C(=O)N(C)C1=O. The topological polar surface area (TPSA) is 91.8 Å². The molecule has 0 N–H and O–H groups in total. The van der Waals surface area contributed by atoms with Crippen LogP contribution in [0.15, 0.2) is 65.6 Å². The molecule has 0 radical (unpaired) electrons. The van der Waals surface area contributed by atoms with Crippen LogP contribution in [0.3, 0.4) is 0 Å². The molecule has 0 saturated carbocycles. The van der Waals surface area contributed by atoms with Crippen LogP contribution in [0.25, 0.3) is 0 Å². The van der Waals surface area contributed by atoms with Gasteiger partial charge in [-0.3, -0.25) is 19.4 Å². The van der Waals surface area contributed by atoms with Gasteiger partial charge in [-0.1, -0.05) is 48.5 Å². The van der Waals surface area contributed by atoms with Gasteiger partial charge in [-0.2, -0.15) is 0 Å². The third kappa shape index (κ3) is 3.55. The number of imide groups is 2. The highest BCUT2D eigenvalue weighted by atomic mass is 32.2. The van der Waals surface area contributed by atoms with Crippen molar-refractivity contribution in [2.24, 2.45) is 5.92 Å². The van der Waals surface area contributed by atoms with Crippen molar-refractivity contribution in [3.63, 3.8) is 0 Å². The number of benzene rings is 2. The zero-order chi connectivity index (χ0) is 20.5. The predicted molar refractivity (Wildman–Crippen MR) is 102 cm³/mol. The maximum Gasteiger partial charge on any atom is 0.332 e. The van der Waals surface area contributed by atoms with Crippen LogP contribution in [0.2, 0.25) is 0 Å². The van der Waals surface area contributed by atoms with Gasteiger partial charge in [0.25, 0.3) is 0 Å². The van der Waals surface area contributed by atoms with E-state index in [0.717, 1.165) is 9.80 Å². The van der Waals surface area contributed by atoms with Crippen LogP contribution >= 0.6 is 0 Å². The number of amides is 4. The first kappa shape index (κ1) is 19.8. The molecule has 3 rings (SSSR count). The van der Waals surface area contributed by atoms with Gasteiger partial charge in [-0.05, 0) is 17.7 Å². The van der Waals surface area contributed by atoms with E-state index >= 15 is 0 Å². The van der Waals surface area contributed by atoms with Crippen LogP contribution in [0.1, 0.15) is 11.5 Å². The lowest BCUT2D eigenvalue weighted by molar-refractivity contribution is -0.148. The fourth-order valence-electron chi connectivity index (χ4n) is 3.33. The molecule has 1 unspecified atom stereocenters. The fourth-order valence-corrected chi connectivity index (χ4v) is 4.95. The maximum absolute atomic E-state index is 13.0. The molecule has 0 aromatic heterocycles. The molecule has 2 aromatic rings. The van der Waals surface area contributed by atoms with Gasteiger partial charge in [-0.25, -0.2) is 13.2 Å². The predicted octanol–water partition coefficient (Wildman–Crippen LogP) is 1.91. The van der Waals surface area contributed by atoms with Crippen LogP contribution in [0, 0.1) is 5.92 Å². The number of rotatable bonds is 5. The number of hydrogen-bond donors (Lipinski definition) is 0. The van der Waals surface area contributed by atoms with E-state index in [1.165, 1.54) is 26.2 Å². The van der Waals surface area contributed by atoms with Crippen LogP contribution in [-0.2, 0) is 19.4 Å². The van der Waals surface area contributed by atoms with Gasteiger partial charge >= 0.3 is 6.03 Å². The minimum atomic E-state index is -3.78. The van der Waals surface area contributed by atoms with E-state index in [1.807, 2.05) is 0 Å². The summed E-state index contributed by atoms with van der Waals surface area (Å²) >= 11 is 0. The number of carbonyl (C=O) groups excluding carboxylic acids is 3. The van der Waals surface area contributed by atoms with E-state index in [4.69, 9.17) is 0 Å². The van der Waals surface area contributed by atoms with E-state index in [2.05, 4.69) is 0 Å². The molecule has 8 heteroatoms. The van der Waals surface area contributed by atoms with E-state index in [0.29, 0.717) is 5.56 Å². The molecule has 4 amide bonds. The molecule has 1 heterocycles. The van der Waals surface area contributed by atoms with Gasteiger partial charge in [0, 0.05) is 20.0 Å². The minimum Gasteiger partial charge on any atom is -0.273 e. The van der Waals surface area contributed by atoms with E-state index in [1.54, 1.807) is 48.5 Å². The summed E-state index contributed by atoms with van der Waals surface area (Å²) in [7, 11) is -1.21. The molecule has 1 aliphatic rings. The first-order valence-corrected chi connectivity index (χ1v) is 10.3. The van der Waals surface area contributed by atoms with Crippen molar-refractivity contribution >= 4 is 27.7 Å². The second kappa shape index (κ2) is 7.55. The van der Waals surface area contributed by atoms with Crippen molar-refractivity contribution in [3.05, 3.63) is 66.2 Å². The Morgan fingerprint density at radius 1 is 0.821 bits per heavy atom. The summed E-state index contributed by atoms with van der Waals surface area (Å²) in [5.74, 6) is -4.06. The van der Waals surface area contributed by atoms with Crippen LogP contribution in [0.4, 0.5) is 4.79 Å². The van der Waals surface area contributed by atoms with Crippen molar-refractivity contribution in [2.75, 3.05) is 19.8 Å². The minimum absolute atomic E-state index is 0.115. The zero-order valence-electron chi connectivity index (χ0n) is 15.5. The summed E-state index contributed by atoms with van der Waals surface area (Å²) in [4.78, 5) is 39.5. The molecular weight excluding hydrogens is 380 g/mol. The Kier molecular flexibility index (Phi) is 5.33. The van der Waals surface area contributed by atoms with Crippen molar-refractivity contribution in [2.45, 2.75) is 10.8 Å². The largest absolute Gasteiger partial charge is 0.332 e. The number of barbiturate groups is 1. The Morgan fingerprint density at radius 2 is 1.29 bits per heavy atom. The Labute approximate surface area is 163 Å². The highest BCUT2D eigenvalue weighted by molar-refractivity contribution is 7.91.